The van der Waals surface area contributed by atoms with Crippen LogP contribution in [0, 0.1) is 0 Å². The third kappa shape index (κ3) is 2.69. The molecule has 7 nitrogen and oxygen atoms in total. The number of aromatic nitrogens is 3. The number of carbonyl (C=O) groups excluding carboxylic acids is 1. The monoisotopic (exact) mass is 370 g/mol. The first kappa shape index (κ1) is 16.2. The van der Waals surface area contributed by atoms with E-state index in [1.165, 1.54) is 10.9 Å². The van der Waals surface area contributed by atoms with Crippen molar-refractivity contribution >= 4 is 44.4 Å². The Morgan fingerprint density at radius 3 is 2.79 bits per heavy atom. The first-order chi connectivity index (χ1) is 13.7. The highest BCUT2D eigenvalue weighted by Gasteiger charge is 2.15. The van der Waals surface area contributed by atoms with E-state index in [1.54, 1.807) is 18.3 Å². The zero-order valence-electron chi connectivity index (χ0n) is 14.6. The summed E-state index contributed by atoms with van der Waals surface area (Å²) in [6.07, 6.45) is 3.05. The fourth-order valence-electron chi connectivity index (χ4n) is 3.32. The van der Waals surface area contributed by atoms with Gasteiger partial charge in [0, 0.05) is 10.8 Å². The molecule has 0 saturated carbocycles. The van der Waals surface area contributed by atoms with Gasteiger partial charge in [-0.2, -0.15) is 5.10 Å². The van der Waals surface area contributed by atoms with Crippen molar-refractivity contribution in [3.05, 3.63) is 77.4 Å². The molecule has 136 valence electrons. The molecule has 7 heteroatoms. The molecule has 0 saturated heterocycles. The molecule has 0 fully saturated rings. The Morgan fingerprint density at radius 2 is 1.86 bits per heavy atom. The molecule has 5 aromatic rings. The molecular weight excluding hydrogens is 356 g/mol. The lowest BCUT2D eigenvalue weighted by Crippen LogP contribution is -2.19. The molecule has 1 amide bonds. The normalized spacial score (nSPS) is 11.3. The number of hydrogen-bond donors (Lipinski definition) is 1. The van der Waals surface area contributed by atoms with E-state index in [4.69, 9.17) is 4.42 Å². The SMILES string of the molecule is O=C(Cn1ncc2c(=O)oc3ccccc3c21)Nc1cnc2ccccc2c1. The minimum atomic E-state index is -0.473. The Bertz CT molecular complexity index is 1420. The lowest BCUT2D eigenvalue weighted by atomic mass is 10.2. The zero-order valence-corrected chi connectivity index (χ0v) is 14.6. The van der Waals surface area contributed by atoms with Crippen LogP contribution in [-0.4, -0.2) is 20.7 Å². The van der Waals surface area contributed by atoms with Crippen LogP contribution in [0.3, 0.4) is 0 Å². The van der Waals surface area contributed by atoms with Crippen molar-refractivity contribution in [2.75, 3.05) is 5.32 Å². The first-order valence-corrected chi connectivity index (χ1v) is 8.71. The van der Waals surface area contributed by atoms with Crippen molar-refractivity contribution in [1.82, 2.24) is 14.8 Å². The lowest BCUT2D eigenvalue weighted by Gasteiger charge is -2.08. The largest absolute Gasteiger partial charge is 0.422 e. The average Bonchev–Trinajstić information content (AvgIpc) is 3.12. The Balaban J connectivity index is 1.49. The molecule has 28 heavy (non-hydrogen) atoms. The van der Waals surface area contributed by atoms with Crippen molar-refractivity contribution in [3.8, 4) is 0 Å². The Hall–Kier alpha value is -4.00. The molecule has 0 aliphatic rings. The fraction of sp³-hybridized carbons (Fsp3) is 0.0476. The molecule has 0 aliphatic heterocycles. The van der Waals surface area contributed by atoms with Gasteiger partial charge in [-0.05, 0) is 24.3 Å². The van der Waals surface area contributed by atoms with Crippen LogP contribution in [0.2, 0.25) is 0 Å². The van der Waals surface area contributed by atoms with E-state index in [0.29, 0.717) is 22.2 Å². The van der Waals surface area contributed by atoms with E-state index in [0.717, 1.165) is 16.3 Å². The van der Waals surface area contributed by atoms with Gasteiger partial charge in [0.2, 0.25) is 5.91 Å². The first-order valence-electron chi connectivity index (χ1n) is 8.71. The second-order valence-corrected chi connectivity index (χ2v) is 6.42. The van der Waals surface area contributed by atoms with Crippen LogP contribution >= 0.6 is 0 Å². The van der Waals surface area contributed by atoms with Crippen molar-refractivity contribution in [3.63, 3.8) is 0 Å². The van der Waals surface area contributed by atoms with Crippen molar-refractivity contribution in [2.45, 2.75) is 6.54 Å². The summed E-state index contributed by atoms with van der Waals surface area (Å²) in [5, 5.41) is 9.07. The molecule has 3 heterocycles. The second kappa shape index (κ2) is 6.31. The number of rotatable bonds is 3. The Labute approximate surface area is 158 Å². The van der Waals surface area contributed by atoms with Crippen molar-refractivity contribution in [1.29, 1.82) is 0 Å². The summed E-state index contributed by atoms with van der Waals surface area (Å²) >= 11 is 0. The molecular formula is C21H14N4O3. The number of para-hydroxylation sites is 2. The van der Waals surface area contributed by atoms with Gasteiger partial charge in [-0.3, -0.25) is 14.5 Å². The third-order valence-electron chi connectivity index (χ3n) is 4.57. The van der Waals surface area contributed by atoms with Crippen molar-refractivity contribution in [2.24, 2.45) is 0 Å². The summed E-state index contributed by atoms with van der Waals surface area (Å²) in [7, 11) is 0. The zero-order chi connectivity index (χ0) is 19.1. The van der Waals surface area contributed by atoms with Crippen molar-refractivity contribution < 1.29 is 9.21 Å². The van der Waals surface area contributed by atoms with E-state index >= 15 is 0 Å². The number of fused-ring (bicyclic) bond motifs is 4. The molecule has 3 aromatic heterocycles. The maximum Gasteiger partial charge on any atom is 0.347 e. The summed E-state index contributed by atoms with van der Waals surface area (Å²) in [5.41, 5.74) is 2.03. The predicted molar refractivity (Wildman–Crippen MR) is 106 cm³/mol. The minimum absolute atomic E-state index is 0.0379. The number of nitrogens with zero attached hydrogens (tertiary/aromatic N) is 3. The molecule has 2 aromatic carbocycles. The summed E-state index contributed by atoms with van der Waals surface area (Å²) in [6.45, 7) is -0.0379. The number of nitrogens with one attached hydrogen (secondary N) is 1. The summed E-state index contributed by atoms with van der Waals surface area (Å²) in [6, 6.07) is 16.7. The standard InChI is InChI=1S/C21H14N4O3/c26-19(24-14-9-13-5-1-3-7-17(13)22-10-14)12-25-20-15-6-2-4-8-18(15)28-21(27)16(20)11-23-25/h1-11H,12H2,(H,24,26). The molecule has 0 unspecified atom stereocenters. The quantitative estimate of drug-likeness (QED) is 0.492. The van der Waals surface area contributed by atoms with E-state index in [-0.39, 0.29) is 12.5 Å². The van der Waals surface area contributed by atoms with Gasteiger partial charge in [-0.25, -0.2) is 4.79 Å². The minimum Gasteiger partial charge on any atom is -0.422 e. The van der Waals surface area contributed by atoms with E-state index in [2.05, 4.69) is 15.4 Å². The Morgan fingerprint density at radius 1 is 1.04 bits per heavy atom. The summed E-state index contributed by atoms with van der Waals surface area (Å²) in [4.78, 5) is 29.1. The highest BCUT2D eigenvalue weighted by atomic mass is 16.4. The molecule has 5 rings (SSSR count). The van der Waals surface area contributed by atoms with Gasteiger partial charge in [0.05, 0.1) is 29.1 Å². The highest BCUT2D eigenvalue weighted by Crippen LogP contribution is 2.22. The smallest absolute Gasteiger partial charge is 0.347 e. The van der Waals surface area contributed by atoms with Crippen LogP contribution in [0.5, 0.6) is 0 Å². The molecule has 0 radical (unpaired) electrons. The van der Waals surface area contributed by atoms with Crippen LogP contribution in [0.4, 0.5) is 5.69 Å². The second-order valence-electron chi connectivity index (χ2n) is 6.42. The molecule has 0 spiro atoms. The maximum absolute atomic E-state index is 12.6. The predicted octanol–water partition coefficient (Wildman–Crippen LogP) is 3.33. The van der Waals surface area contributed by atoms with Crippen LogP contribution < -0.4 is 10.9 Å². The fourth-order valence-corrected chi connectivity index (χ4v) is 3.32. The van der Waals surface area contributed by atoms with Gasteiger partial charge in [-0.15, -0.1) is 0 Å². The van der Waals surface area contributed by atoms with Gasteiger partial charge >= 0.3 is 5.63 Å². The van der Waals surface area contributed by atoms with Gasteiger partial charge in [0.1, 0.15) is 17.5 Å². The van der Waals surface area contributed by atoms with Crippen LogP contribution in [-0.2, 0) is 11.3 Å². The van der Waals surface area contributed by atoms with Gasteiger partial charge in [-0.1, -0.05) is 30.3 Å². The van der Waals surface area contributed by atoms with Crippen LogP contribution in [0.15, 0.2) is 76.2 Å². The topological polar surface area (TPSA) is 90.0 Å². The average molecular weight is 370 g/mol. The maximum atomic E-state index is 12.6. The number of anilines is 1. The molecule has 0 atom stereocenters. The molecule has 0 bridgehead atoms. The van der Waals surface area contributed by atoms with E-state index in [1.807, 2.05) is 42.5 Å². The number of carbonyl (C=O) groups is 1. The summed E-state index contributed by atoms with van der Waals surface area (Å²) < 4.78 is 6.82. The molecule has 0 aliphatic carbocycles. The van der Waals surface area contributed by atoms with Gasteiger partial charge < -0.3 is 9.73 Å². The van der Waals surface area contributed by atoms with E-state index in [9.17, 15) is 9.59 Å². The van der Waals surface area contributed by atoms with Crippen LogP contribution in [0.25, 0.3) is 32.8 Å². The van der Waals surface area contributed by atoms with Crippen LogP contribution in [0.1, 0.15) is 0 Å². The Kier molecular flexibility index (Phi) is 3.65. The van der Waals surface area contributed by atoms with Gasteiger partial charge in [0.15, 0.2) is 0 Å². The lowest BCUT2D eigenvalue weighted by molar-refractivity contribution is -0.116. The summed E-state index contributed by atoms with van der Waals surface area (Å²) in [5.74, 6) is -0.264. The number of hydrogen-bond acceptors (Lipinski definition) is 5. The molecule has 1 N–H and O–H groups in total. The number of amides is 1. The number of benzene rings is 2. The van der Waals surface area contributed by atoms with Gasteiger partial charge in [0.25, 0.3) is 0 Å². The number of pyridine rings is 1. The third-order valence-corrected chi connectivity index (χ3v) is 4.57. The highest BCUT2D eigenvalue weighted by molar-refractivity contribution is 6.02. The van der Waals surface area contributed by atoms with E-state index < -0.39 is 5.63 Å².